The second kappa shape index (κ2) is 10.9. The van der Waals surface area contributed by atoms with Gasteiger partial charge in [-0.3, -0.25) is 4.79 Å². The molecule has 0 heterocycles. The average molecular weight is 481 g/mol. The number of carbonyl (C=O) groups excluding carboxylic acids is 1. The van der Waals surface area contributed by atoms with Gasteiger partial charge in [0.1, 0.15) is 18.2 Å². The van der Waals surface area contributed by atoms with Gasteiger partial charge in [0.2, 0.25) is 0 Å². The van der Waals surface area contributed by atoms with Crippen molar-refractivity contribution in [1.29, 1.82) is 5.26 Å². The molecular formula is C26H22Cl2N2O3. The van der Waals surface area contributed by atoms with Crippen LogP contribution < -0.4 is 14.8 Å². The van der Waals surface area contributed by atoms with Crippen LogP contribution in [-0.2, 0) is 11.4 Å². The maximum absolute atomic E-state index is 12.8. The van der Waals surface area contributed by atoms with E-state index in [1.165, 1.54) is 13.2 Å². The number of rotatable bonds is 7. The number of methoxy groups -OCH3 is 1. The fourth-order valence-electron chi connectivity index (χ4n) is 3.07. The van der Waals surface area contributed by atoms with Gasteiger partial charge in [0.25, 0.3) is 5.91 Å². The number of amides is 1. The minimum absolute atomic E-state index is 0.0733. The third-order valence-electron chi connectivity index (χ3n) is 5.05. The fraction of sp³-hybridized carbons (Fsp3) is 0.154. The standard InChI is InChI=1S/C26H22Cl2N2O3/c1-16-7-10-22(11-17(16)2)30-26(31)20(14-29)12-18-5-4-6-24(32-3)25(18)33-15-19-8-9-21(27)13-23(19)28/h4-13H,15H2,1-3H3,(H,30,31)/b20-12+. The molecule has 0 saturated carbocycles. The smallest absolute Gasteiger partial charge is 0.266 e. The molecule has 0 aliphatic rings. The van der Waals surface area contributed by atoms with Crippen molar-refractivity contribution >= 4 is 40.9 Å². The summed E-state index contributed by atoms with van der Waals surface area (Å²) in [7, 11) is 1.52. The number of anilines is 1. The molecule has 33 heavy (non-hydrogen) atoms. The Labute approximate surface area is 203 Å². The Hall–Kier alpha value is -3.46. The first-order valence-electron chi connectivity index (χ1n) is 10.1. The number of benzene rings is 3. The van der Waals surface area contributed by atoms with E-state index in [0.717, 1.165) is 16.7 Å². The van der Waals surface area contributed by atoms with E-state index >= 15 is 0 Å². The highest BCUT2D eigenvalue weighted by atomic mass is 35.5. The number of nitrogens with one attached hydrogen (secondary N) is 1. The Balaban J connectivity index is 1.89. The van der Waals surface area contributed by atoms with Crippen LogP contribution in [0.5, 0.6) is 11.5 Å². The van der Waals surface area contributed by atoms with Gasteiger partial charge < -0.3 is 14.8 Å². The van der Waals surface area contributed by atoms with Crippen molar-refractivity contribution in [2.75, 3.05) is 12.4 Å². The number of carbonyl (C=O) groups is 1. The van der Waals surface area contributed by atoms with E-state index in [9.17, 15) is 10.1 Å². The summed E-state index contributed by atoms with van der Waals surface area (Å²) in [5.41, 5.74) is 3.95. The number of aryl methyl sites for hydroxylation is 2. The predicted molar refractivity (Wildman–Crippen MR) is 132 cm³/mol. The molecule has 1 amide bonds. The first-order valence-corrected chi connectivity index (χ1v) is 10.8. The molecule has 0 fully saturated rings. The summed E-state index contributed by atoms with van der Waals surface area (Å²) in [4.78, 5) is 12.8. The van der Waals surface area contributed by atoms with Crippen LogP contribution in [0, 0.1) is 25.2 Å². The zero-order valence-electron chi connectivity index (χ0n) is 18.4. The van der Waals surface area contributed by atoms with Crippen molar-refractivity contribution in [2.24, 2.45) is 0 Å². The first-order chi connectivity index (χ1) is 15.8. The molecule has 0 aromatic heterocycles. The minimum atomic E-state index is -0.518. The van der Waals surface area contributed by atoms with Gasteiger partial charge in [0, 0.05) is 26.9 Å². The van der Waals surface area contributed by atoms with Gasteiger partial charge in [-0.15, -0.1) is 0 Å². The van der Waals surface area contributed by atoms with E-state index < -0.39 is 5.91 Å². The van der Waals surface area contributed by atoms with Crippen LogP contribution in [0.25, 0.3) is 6.08 Å². The van der Waals surface area contributed by atoms with Crippen LogP contribution in [0.4, 0.5) is 5.69 Å². The van der Waals surface area contributed by atoms with E-state index in [1.54, 1.807) is 42.5 Å². The number of halogens is 2. The molecule has 3 aromatic carbocycles. The summed E-state index contributed by atoms with van der Waals surface area (Å²) in [5.74, 6) is 0.328. The summed E-state index contributed by atoms with van der Waals surface area (Å²) >= 11 is 12.2. The second-order valence-electron chi connectivity index (χ2n) is 7.33. The number of hydrogen-bond donors (Lipinski definition) is 1. The van der Waals surface area contributed by atoms with Crippen LogP contribution in [-0.4, -0.2) is 13.0 Å². The number of para-hydroxylation sites is 1. The molecule has 3 rings (SSSR count). The lowest BCUT2D eigenvalue weighted by molar-refractivity contribution is -0.112. The lowest BCUT2D eigenvalue weighted by atomic mass is 10.1. The molecule has 0 atom stereocenters. The molecular weight excluding hydrogens is 459 g/mol. The summed E-state index contributed by atoms with van der Waals surface area (Å²) in [6, 6.07) is 17.9. The lowest BCUT2D eigenvalue weighted by Crippen LogP contribution is -2.13. The van der Waals surface area contributed by atoms with Crippen molar-refractivity contribution < 1.29 is 14.3 Å². The Morgan fingerprint density at radius 1 is 1.09 bits per heavy atom. The molecule has 0 bridgehead atoms. The quantitative estimate of drug-likeness (QED) is 0.300. The largest absolute Gasteiger partial charge is 0.493 e. The summed E-state index contributed by atoms with van der Waals surface area (Å²) in [5, 5.41) is 13.4. The Morgan fingerprint density at radius 3 is 2.55 bits per heavy atom. The third kappa shape index (κ3) is 6.07. The molecule has 0 radical (unpaired) electrons. The first kappa shape index (κ1) is 24.2. The van der Waals surface area contributed by atoms with Gasteiger partial charge in [0.05, 0.1) is 7.11 Å². The van der Waals surface area contributed by atoms with E-state index in [2.05, 4.69) is 5.32 Å². The van der Waals surface area contributed by atoms with Gasteiger partial charge in [-0.05, 0) is 61.4 Å². The van der Waals surface area contributed by atoms with Gasteiger partial charge >= 0.3 is 0 Å². The van der Waals surface area contributed by atoms with Gasteiger partial charge in [-0.1, -0.05) is 47.5 Å². The predicted octanol–water partition coefficient (Wildman–Crippen LogP) is 6.74. The number of hydrogen-bond acceptors (Lipinski definition) is 4. The van der Waals surface area contributed by atoms with Crippen LogP contribution in [0.3, 0.4) is 0 Å². The molecule has 0 spiro atoms. The molecule has 0 aliphatic heterocycles. The topological polar surface area (TPSA) is 71.3 Å². The third-order valence-corrected chi connectivity index (χ3v) is 5.63. The minimum Gasteiger partial charge on any atom is -0.493 e. The molecule has 0 saturated heterocycles. The molecule has 0 aliphatic carbocycles. The molecule has 5 nitrogen and oxygen atoms in total. The van der Waals surface area contributed by atoms with Crippen molar-refractivity contribution in [3.05, 3.63) is 92.5 Å². The van der Waals surface area contributed by atoms with Gasteiger partial charge in [-0.2, -0.15) is 5.26 Å². The summed E-state index contributed by atoms with van der Waals surface area (Å²) in [6.07, 6.45) is 1.47. The molecule has 168 valence electrons. The van der Waals surface area contributed by atoms with Gasteiger partial charge in [-0.25, -0.2) is 0 Å². The number of nitriles is 1. The van der Waals surface area contributed by atoms with Gasteiger partial charge in [0.15, 0.2) is 11.5 Å². The SMILES string of the molecule is COc1cccc(/C=C(\C#N)C(=O)Nc2ccc(C)c(C)c2)c1OCc1ccc(Cl)cc1Cl. The van der Waals surface area contributed by atoms with Crippen molar-refractivity contribution in [3.8, 4) is 17.6 Å². The van der Waals surface area contributed by atoms with E-state index in [-0.39, 0.29) is 12.2 Å². The highest BCUT2D eigenvalue weighted by molar-refractivity contribution is 6.35. The lowest BCUT2D eigenvalue weighted by Gasteiger charge is -2.14. The normalized spacial score (nSPS) is 11.0. The molecule has 7 heteroatoms. The number of ether oxygens (including phenoxy) is 2. The van der Waals surface area contributed by atoms with Crippen molar-refractivity contribution in [1.82, 2.24) is 0 Å². The summed E-state index contributed by atoms with van der Waals surface area (Å²) < 4.78 is 11.4. The summed E-state index contributed by atoms with van der Waals surface area (Å²) in [6.45, 7) is 4.09. The average Bonchev–Trinajstić information content (AvgIpc) is 2.79. The van der Waals surface area contributed by atoms with Crippen molar-refractivity contribution in [2.45, 2.75) is 20.5 Å². The zero-order valence-corrected chi connectivity index (χ0v) is 19.9. The second-order valence-corrected chi connectivity index (χ2v) is 8.17. The highest BCUT2D eigenvalue weighted by Gasteiger charge is 2.15. The van der Waals surface area contributed by atoms with Crippen LogP contribution in [0.1, 0.15) is 22.3 Å². The zero-order chi connectivity index (χ0) is 24.0. The highest BCUT2D eigenvalue weighted by Crippen LogP contribution is 2.34. The Kier molecular flexibility index (Phi) is 8.00. The molecule has 1 N–H and O–H groups in total. The van der Waals surface area contributed by atoms with E-state index in [1.807, 2.05) is 32.0 Å². The number of nitrogens with zero attached hydrogens (tertiary/aromatic N) is 1. The monoisotopic (exact) mass is 480 g/mol. The molecule has 0 unspecified atom stereocenters. The van der Waals surface area contributed by atoms with E-state index in [4.69, 9.17) is 32.7 Å². The Bertz CT molecular complexity index is 1260. The molecule has 3 aromatic rings. The van der Waals surface area contributed by atoms with Crippen LogP contribution in [0.2, 0.25) is 10.0 Å². The van der Waals surface area contributed by atoms with Crippen LogP contribution >= 0.6 is 23.2 Å². The van der Waals surface area contributed by atoms with E-state index in [0.29, 0.717) is 32.8 Å². The Morgan fingerprint density at radius 2 is 1.88 bits per heavy atom. The fourth-order valence-corrected chi connectivity index (χ4v) is 3.54. The van der Waals surface area contributed by atoms with Crippen LogP contribution in [0.15, 0.2) is 60.2 Å². The maximum atomic E-state index is 12.8. The maximum Gasteiger partial charge on any atom is 0.266 e. The van der Waals surface area contributed by atoms with Crippen molar-refractivity contribution in [3.63, 3.8) is 0 Å².